The van der Waals surface area contributed by atoms with Crippen LogP contribution in [0, 0.1) is 0 Å². The number of nitrogens with one attached hydrogen (secondary N) is 1. The molecule has 3 N–H and O–H groups in total. The molecule has 0 saturated heterocycles. The number of hydrogen-bond acceptors (Lipinski definition) is 10. The lowest BCUT2D eigenvalue weighted by atomic mass is 10.1. The summed E-state index contributed by atoms with van der Waals surface area (Å²) in [7, 11) is -2.98. The number of nitrogens with zero attached hydrogens (tertiary/aromatic N) is 3. The zero-order valence-corrected chi connectivity index (χ0v) is 24.6. The van der Waals surface area contributed by atoms with E-state index < -0.39 is 20.3 Å². The Balaban J connectivity index is 1.97. The molecule has 0 aromatic rings. The molecule has 34 heavy (non-hydrogen) atoms. The van der Waals surface area contributed by atoms with Crippen molar-refractivity contribution in [3.63, 3.8) is 0 Å². The third-order valence-electron chi connectivity index (χ3n) is 4.85. The first-order valence-electron chi connectivity index (χ1n) is 11.9. The number of rotatable bonds is 11. The molecule has 0 saturated carbocycles. The Kier molecular flexibility index (Phi) is 16.4. The summed E-state index contributed by atoms with van der Waals surface area (Å²) in [5.74, 6) is -3.12. The van der Waals surface area contributed by atoms with Crippen LogP contribution in [0.1, 0.15) is 51.4 Å². The highest BCUT2D eigenvalue weighted by Crippen LogP contribution is 2.83. The van der Waals surface area contributed by atoms with Gasteiger partial charge in [0.15, 0.2) is 0 Å². The summed E-state index contributed by atoms with van der Waals surface area (Å²) in [4.78, 5) is 0. The van der Waals surface area contributed by atoms with E-state index >= 15 is 0 Å². The molecule has 0 fully saturated rings. The third kappa shape index (κ3) is 13.7. The quantitative estimate of drug-likeness (QED) is 0.187. The van der Waals surface area contributed by atoms with Crippen LogP contribution in [-0.2, 0) is 23.3 Å². The van der Waals surface area contributed by atoms with Gasteiger partial charge in [0.25, 0.3) is 13.5 Å². The molecule has 0 radical (unpaired) electrons. The van der Waals surface area contributed by atoms with Crippen molar-refractivity contribution in [3.8, 4) is 0 Å². The van der Waals surface area contributed by atoms with E-state index in [0.717, 1.165) is 25.8 Å². The molecule has 2 bridgehead atoms. The van der Waals surface area contributed by atoms with Crippen LogP contribution in [0.3, 0.4) is 0 Å². The molecule has 16 heteroatoms. The van der Waals surface area contributed by atoms with Crippen molar-refractivity contribution in [2.75, 3.05) is 65.9 Å². The molecule has 2 unspecified atom stereocenters. The number of unbranched alkanes of at least 4 members (excludes halogenated alkanes) is 7. The first-order valence-corrected chi connectivity index (χ1v) is 19.5. The maximum Gasteiger partial charge on any atom is 0.300 e. The van der Waals surface area contributed by atoms with E-state index in [1.807, 2.05) is 0 Å². The fraction of sp³-hybridized carbons (Fsp3) is 1.00. The zero-order chi connectivity index (χ0) is 24.6. The van der Waals surface area contributed by atoms with Gasteiger partial charge >= 0.3 is 6.78 Å². The lowest BCUT2D eigenvalue weighted by Crippen LogP contribution is -2.17. The summed E-state index contributed by atoms with van der Waals surface area (Å²) in [5, 5.41) is 3.36. The van der Waals surface area contributed by atoms with Crippen molar-refractivity contribution < 1.29 is 23.3 Å². The molecule has 2 atom stereocenters. The highest BCUT2D eigenvalue weighted by atomic mass is 35.9. The van der Waals surface area contributed by atoms with Gasteiger partial charge in [0.2, 0.25) is 0 Å². The van der Waals surface area contributed by atoms with Crippen LogP contribution in [0.2, 0.25) is 0 Å². The van der Waals surface area contributed by atoms with Crippen LogP contribution in [0.25, 0.3) is 0 Å². The van der Waals surface area contributed by atoms with E-state index in [-0.39, 0.29) is 13.2 Å². The van der Waals surface area contributed by atoms with Gasteiger partial charge in [-0.3, -0.25) is 0 Å². The molecule has 2 aliphatic rings. The summed E-state index contributed by atoms with van der Waals surface area (Å²) in [6.45, 7) is 1.23. The van der Waals surface area contributed by atoms with Crippen LogP contribution >= 0.6 is 54.0 Å². The van der Waals surface area contributed by atoms with Crippen LogP contribution in [0.4, 0.5) is 0 Å². The lowest BCUT2D eigenvalue weighted by molar-refractivity contribution is 0.00555. The maximum atomic E-state index is 6.68. The van der Waals surface area contributed by atoms with Gasteiger partial charge in [0, 0.05) is 6.54 Å². The van der Waals surface area contributed by atoms with E-state index in [0.29, 0.717) is 46.2 Å². The third-order valence-corrected chi connectivity index (χ3v) is 15.9. The van der Waals surface area contributed by atoms with E-state index in [1.165, 1.54) is 32.1 Å². The summed E-state index contributed by atoms with van der Waals surface area (Å²) < 4.78 is 41.9. The smallest absolute Gasteiger partial charge is 0.300 e. The number of halogens is 3. The van der Waals surface area contributed by atoms with Gasteiger partial charge in [-0.1, -0.05) is 38.5 Å². The topological polar surface area (TPSA) is 121 Å². The van der Waals surface area contributed by atoms with Gasteiger partial charge in [0.1, 0.15) is 0 Å². The largest absolute Gasteiger partial charge is 0.377 e. The minimum atomic E-state index is -3.16. The second-order valence-electron chi connectivity index (χ2n) is 7.77. The Morgan fingerprint density at radius 1 is 0.618 bits per heavy atom. The molecule has 0 spiro atoms. The SMILES string of the molecule is NCCCCCCCCCCNP12=NP(Cl)(Cl)=NP(Cl)(=N1)OCCOCCOCCOCCO2. The second-order valence-corrected chi connectivity index (χ2v) is 18.4. The van der Waals surface area contributed by atoms with E-state index in [1.54, 1.807) is 0 Å². The Morgan fingerprint density at radius 2 is 1.12 bits per heavy atom. The van der Waals surface area contributed by atoms with Crippen molar-refractivity contribution in [2.24, 2.45) is 19.3 Å². The van der Waals surface area contributed by atoms with Crippen molar-refractivity contribution in [3.05, 3.63) is 0 Å². The maximum absolute atomic E-state index is 6.68. The predicted molar refractivity (Wildman–Crippen MR) is 144 cm³/mol. The fourth-order valence-corrected chi connectivity index (χ4v) is 16.4. The molecule has 0 amide bonds. The fourth-order valence-electron chi connectivity index (χ4n) is 3.23. The van der Waals surface area contributed by atoms with Gasteiger partial charge < -0.3 is 29.0 Å². The standard InChI is InChI=1S/C18H39Cl3N5O5P3/c19-32(20)24-33(21)26-34(25-32,23-10-8-6-4-2-1-3-5-7-9-22)31-18-16-29-14-12-27-11-13-28-15-17-30-33/h23H,1-18,22H2. The molecule has 2 heterocycles. The summed E-state index contributed by atoms with van der Waals surface area (Å²) >= 11 is 19.6. The van der Waals surface area contributed by atoms with Gasteiger partial charge in [-0.05, 0) is 53.1 Å². The van der Waals surface area contributed by atoms with Gasteiger partial charge in [-0.25, -0.2) is 5.09 Å². The summed E-state index contributed by atoms with van der Waals surface area (Å²) in [6.07, 6.45) is 9.26. The molecule has 2 rings (SSSR count). The second kappa shape index (κ2) is 17.7. The number of fused-ring (bicyclic) bond motifs is 1. The number of ether oxygens (including phenoxy) is 3. The molecular formula is C18H39Cl3N5O5P3. The average molecular weight is 605 g/mol. The lowest BCUT2D eigenvalue weighted by Gasteiger charge is -2.29. The van der Waals surface area contributed by atoms with Crippen LogP contribution in [0.5, 0.6) is 0 Å². The predicted octanol–water partition coefficient (Wildman–Crippen LogP) is 7.32. The van der Waals surface area contributed by atoms with Crippen molar-refractivity contribution in [1.29, 1.82) is 0 Å². The Hall–Kier alpha value is 1.28. The molecular weight excluding hydrogens is 566 g/mol. The first-order chi connectivity index (χ1) is 16.4. The van der Waals surface area contributed by atoms with E-state index in [2.05, 4.69) is 18.6 Å². The van der Waals surface area contributed by atoms with Crippen molar-refractivity contribution in [1.82, 2.24) is 5.09 Å². The number of nitrogens with two attached hydrogens (primary N) is 1. The van der Waals surface area contributed by atoms with Crippen molar-refractivity contribution in [2.45, 2.75) is 51.4 Å². The Bertz CT molecular complexity index is 744. The zero-order valence-electron chi connectivity index (χ0n) is 19.7. The van der Waals surface area contributed by atoms with Crippen LogP contribution < -0.4 is 10.8 Å². The Morgan fingerprint density at radius 3 is 1.71 bits per heavy atom. The van der Waals surface area contributed by atoms with E-state index in [4.69, 9.17) is 62.7 Å². The van der Waals surface area contributed by atoms with Gasteiger partial charge in [-0.2, -0.15) is 13.5 Å². The summed E-state index contributed by atoms with van der Waals surface area (Å²) in [5.41, 5.74) is 5.54. The number of hydrogen-bond donors (Lipinski definition) is 2. The van der Waals surface area contributed by atoms with E-state index in [9.17, 15) is 0 Å². The van der Waals surface area contributed by atoms with Crippen LogP contribution in [-0.4, -0.2) is 65.9 Å². The minimum absolute atomic E-state index is 0.201. The Labute approximate surface area is 218 Å². The highest BCUT2D eigenvalue weighted by Gasteiger charge is 2.36. The summed E-state index contributed by atoms with van der Waals surface area (Å²) in [6, 6.07) is 0. The first kappa shape index (κ1) is 31.5. The van der Waals surface area contributed by atoms with Crippen molar-refractivity contribution >= 4 is 54.0 Å². The molecule has 2 aliphatic heterocycles. The molecule has 10 nitrogen and oxygen atoms in total. The molecule has 0 aromatic heterocycles. The highest BCUT2D eigenvalue weighted by molar-refractivity contribution is 8.15. The average Bonchev–Trinajstić information content (AvgIpc) is 2.76. The van der Waals surface area contributed by atoms with Gasteiger partial charge in [0.05, 0.1) is 52.9 Å². The van der Waals surface area contributed by atoms with Gasteiger partial charge in [-0.15, -0.1) is 0 Å². The normalized spacial score (nSPS) is 28.9. The minimum Gasteiger partial charge on any atom is -0.377 e. The van der Waals surface area contributed by atoms with Crippen LogP contribution in [0.15, 0.2) is 13.5 Å². The molecule has 202 valence electrons. The molecule has 0 aliphatic carbocycles. The molecule has 0 aromatic carbocycles. The monoisotopic (exact) mass is 603 g/mol.